The molecule has 0 aliphatic rings. The first-order valence-corrected chi connectivity index (χ1v) is 36.3. The molecule has 0 aromatic carbocycles. The van der Waals surface area contributed by atoms with E-state index in [9.17, 15) is 14.4 Å². The van der Waals surface area contributed by atoms with E-state index in [1.165, 1.54) is 263 Å². The Morgan fingerprint density at radius 3 is 0.744 bits per heavy atom. The van der Waals surface area contributed by atoms with E-state index in [0.29, 0.717) is 19.3 Å². The monoisotopic (exact) mass is 1150 g/mol. The minimum Gasteiger partial charge on any atom is -0.462 e. The van der Waals surface area contributed by atoms with Crippen LogP contribution in [-0.2, 0) is 28.6 Å². The number of carbonyl (C=O) groups is 3. The van der Waals surface area contributed by atoms with E-state index in [1.54, 1.807) is 0 Å². The van der Waals surface area contributed by atoms with Crippen molar-refractivity contribution < 1.29 is 28.6 Å². The molecule has 0 aliphatic heterocycles. The molecule has 0 rings (SSSR count). The van der Waals surface area contributed by atoms with Gasteiger partial charge in [-0.2, -0.15) is 0 Å². The van der Waals surface area contributed by atoms with Gasteiger partial charge in [-0.05, 0) is 57.8 Å². The van der Waals surface area contributed by atoms with Gasteiger partial charge in [-0.25, -0.2) is 0 Å². The highest BCUT2D eigenvalue weighted by Gasteiger charge is 2.19. The molecule has 1 unspecified atom stereocenters. The Bertz CT molecular complexity index is 1460. The van der Waals surface area contributed by atoms with Crippen LogP contribution in [0.15, 0.2) is 60.8 Å². The maximum atomic E-state index is 13.0. The Kier molecular flexibility index (Phi) is 68.1. The van der Waals surface area contributed by atoms with Crippen LogP contribution in [0, 0.1) is 0 Å². The lowest BCUT2D eigenvalue weighted by atomic mass is 10.0. The SMILES string of the molecule is CC/C=C\C/C=C\C/C=C\C/C=C\C/C=C\CCCC(=O)OCC(COC(=O)CCCCCCCCCCCCCCCCCCCCCCCCCCC)OC(=O)CCCCCCCCCCCCCCCCCCCCCCCC. The van der Waals surface area contributed by atoms with E-state index in [0.717, 1.165) is 77.0 Å². The van der Waals surface area contributed by atoms with Crippen LogP contribution in [0.25, 0.3) is 0 Å². The van der Waals surface area contributed by atoms with Gasteiger partial charge < -0.3 is 14.2 Å². The van der Waals surface area contributed by atoms with E-state index in [1.807, 2.05) is 0 Å². The molecule has 478 valence electrons. The van der Waals surface area contributed by atoms with E-state index in [-0.39, 0.29) is 37.5 Å². The van der Waals surface area contributed by atoms with Gasteiger partial charge >= 0.3 is 17.9 Å². The standard InChI is InChI=1S/C76H138O6/c1-4-7-10-13-16-19-22-25-28-31-33-35-37-38-39-41-42-45-48-51-54-57-60-63-66-69-75(78)81-72-73(71-80-74(77)68-65-62-59-56-53-50-47-44-30-27-24-21-18-15-12-9-6-3)82-76(79)70-67-64-61-58-55-52-49-46-43-40-36-34-32-29-26-23-20-17-14-11-8-5-2/h9,12,18,21,27,30,47,50,56,59,73H,4-8,10-11,13-17,19-20,22-26,28-29,31-46,48-49,51-55,57-58,60-72H2,1-3H3/b12-9-,21-18-,30-27-,50-47-,59-56-. The van der Waals surface area contributed by atoms with Gasteiger partial charge in [-0.1, -0.05) is 370 Å². The second-order valence-corrected chi connectivity index (χ2v) is 24.5. The number of rotatable bonds is 67. The van der Waals surface area contributed by atoms with E-state index < -0.39 is 6.10 Å². The van der Waals surface area contributed by atoms with Crippen molar-refractivity contribution in [1.82, 2.24) is 0 Å². The lowest BCUT2D eigenvalue weighted by Crippen LogP contribution is -2.30. The van der Waals surface area contributed by atoms with Crippen molar-refractivity contribution in [1.29, 1.82) is 0 Å². The van der Waals surface area contributed by atoms with Gasteiger partial charge in [0.05, 0.1) is 0 Å². The van der Waals surface area contributed by atoms with Crippen LogP contribution in [0.1, 0.15) is 387 Å². The first-order valence-electron chi connectivity index (χ1n) is 36.3. The summed E-state index contributed by atoms with van der Waals surface area (Å²) in [5, 5.41) is 0. The highest BCUT2D eigenvalue weighted by molar-refractivity contribution is 5.71. The van der Waals surface area contributed by atoms with E-state index in [2.05, 4.69) is 81.5 Å². The fourth-order valence-corrected chi connectivity index (χ4v) is 10.9. The molecule has 0 saturated heterocycles. The molecule has 0 aromatic heterocycles. The summed E-state index contributed by atoms with van der Waals surface area (Å²) in [6, 6.07) is 0. The van der Waals surface area contributed by atoms with Gasteiger partial charge in [0.25, 0.3) is 0 Å². The predicted molar refractivity (Wildman–Crippen MR) is 358 cm³/mol. The average molecular weight is 1150 g/mol. The molecule has 82 heavy (non-hydrogen) atoms. The summed E-state index contributed by atoms with van der Waals surface area (Å²) in [7, 11) is 0. The Labute approximate surface area is 510 Å². The molecule has 0 fully saturated rings. The Morgan fingerprint density at radius 1 is 0.256 bits per heavy atom. The minimum atomic E-state index is -0.796. The summed E-state index contributed by atoms with van der Waals surface area (Å²) < 4.78 is 17.0. The molecule has 0 heterocycles. The molecule has 6 nitrogen and oxygen atoms in total. The largest absolute Gasteiger partial charge is 0.462 e. The van der Waals surface area contributed by atoms with Crippen LogP contribution in [0.5, 0.6) is 0 Å². The van der Waals surface area contributed by atoms with Crippen LogP contribution >= 0.6 is 0 Å². The lowest BCUT2D eigenvalue weighted by Gasteiger charge is -2.18. The zero-order valence-corrected chi connectivity index (χ0v) is 55.0. The summed E-state index contributed by atoms with van der Waals surface area (Å²) in [5.41, 5.74) is 0. The first kappa shape index (κ1) is 79.1. The zero-order valence-electron chi connectivity index (χ0n) is 55.0. The molecular formula is C76H138O6. The summed E-state index contributed by atoms with van der Waals surface area (Å²) in [6.45, 7) is 6.56. The van der Waals surface area contributed by atoms with Crippen LogP contribution in [0.3, 0.4) is 0 Å². The van der Waals surface area contributed by atoms with Crippen molar-refractivity contribution in [3.05, 3.63) is 60.8 Å². The molecular weight excluding hydrogens is 1010 g/mol. The third kappa shape index (κ3) is 67.9. The number of unbranched alkanes of at least 4 members (excludes halogenated alkanes) is 46. The van der Waals surface area contributed by atoms with E-state index in [4.69, 9.17) is 14.2 Å². The third-order valence-electron chi connectivity index (χ3n) is 16.3. The molecule has 0 saturated carbocycles. The van der Waals surface area contributed by atoms with Crippen molar-refractivity contribution in [2.24, 2.45) is 0 Å². The van der Waals surface area contributed by atoms with Crippen molar-refractivity contribution >= 4 is 17.9 Å². The number of hydrogen-bond donors (Lipinski definition) is 0. The van der Waals surface area contributed by atoms with Crippen molar-refractivity contribution in [3.8, 4) is 0 Å². The normalized spacial score (nSPS) is 12.4. The fourth-order valence-electron chi connectivity index (χ4n) is 10.9. The maximum Gasteiger partial charge on any atom is 0.306 e. The van der Waals surface area contributed by atoms with Gasteiger partial charge in [0.1, 0.15) is 13.2 Å². The highest BCUT2D eigenvalue weighted by Crippen LogP contribution is 2.19. The first-order chi connectivity index (χ1) is 40.5. The summed E-state index contributed by atoms with van der Waals surface area (Å²) in [6.07, 6.45) is 91.3. The molecule has 0 bridgehead atoms. The second-order valence-electron chi connectivity index (χ2n) is 24.5. The molecule has 6 heteroatoms. The topological polar surface area (TPSA) is 78.9 Å². The van der Waals surface area contributed by atoms with Gasteiger partial charge in [-0.3, -0.25) is 14.4 Å². The van der Waals surface area contributed by atoms with Crippen LogP contribution in [0.4, 0.5) is 0 Å². The highest BCUT2D eigenvalue weighted by atomic mass is 16.6. The average Bonchev–Trinajstić information content (AvgIpc) is 3.47. The molecule has 1 atom stereocenters. The summed E-state index contributed by atoms with van der Waals surface area (Å²) in [4.78, 5) is 38.5. The Hall–Kier alpha value is -2.89. The molecule has 0 radical (unpaired) electrons. The lowest BCUT2D eigenvalue weighted by molar-refractivity contribution is -0.167. The van der Waals surface area contributed by atoms with Gasteiger partial charge in [-0.15, -0.1) is 0 Å². The van der Waals surface area contributed by atoms with Crippen LogP contribution in [0.2, 0.25) is 0 Å². The number of ether oxygens (including phenoxy) is 3. The molecule has 0 spiro atoms. The molecule has 0 amide bonds. The Morgan fingerprint density at radius 2 is 0.476 bits per heavy atom. The van der Waals surface area contributed by atoms with Gasteiger partial charge in [0.2, 0.25) is 0 Å². The third-order valence-corrected chi connectivity index (χ3v) is 16.3. The molecule has 0 aromatic rings. The summed E-state index contributed by atoms with van der Waals surface area (Å²) in [5.74, 6) is -0.920. The summed E-state index contributed by atoms with van der Waals surface area (Å²) >= 11 is 0. The van der Waals surface area contributed by atoms with Crippen molar-refractivity contribution in [2.75, 3.05) is 13.2 Å². The Balaban J connectivity index is 4.32. The van der Waals surface area contributed by atoms with Gasteiger partial charge in [0.15, 0.2) is 6.10 Å². The number of carbonyl (C=O) groups excluding carboxylic acids is 3. The number of esters is 3. The van der Waals surface area contributed by atoms with E-state index >= 15 is 0 Å². The zero-order chi connectivity index (χ0) is 59.2. The van der Waals surface area contributed by atoms with Crippen molar-refractivity contribution in [3.63, 3.8) is 0 Å². The second kappa shape index (κ2) is 70.6. The minimum absolute atomic E-state index is 0.0866. The molecule has 0 aliphatic carbocycles. The van der Waals surface area contributed by atoms with Crippen LogP contribution < -0.4 is 0 Å². The number of allylic oxidation sites excluding steroid dienone is 10. The fraction of sp³-hybridized carbons (Fsp3) is 0.829. The van der Waals surface area contributed by atoms with Gasteiger partial charge in [0, 0.05) is 19.3 Å². The van der Waals surface area contributed by atoms with Crippen molar-refractivity contribution in [2.45, 2.75) is 393 Å². The van der Waals surface area contributed by atoms with Crippen LogP contribution in [-0.4, -0.2) is 37.2 Å². The quantitative estimate of drug-likeness (QED) is 0.0261. The predicted octanol–water partition coefficient (Wildman–Crippen LogP) is 25.1. The smallest absolute Gasteiger partial charge is 0.306 e. The maximum absolute atomic E-state index is 13.0. The molecule has 0 N–H and O–H groups in total. The number of hydrogen-bond acceptors (Lipinski definition) is 6.